The van der Waals surface area contributed by atoms with Gasteiger partial charge in [-0.1, -0.05) is 30.3 Å². The van der Waals surface area contributed by atoms with E-state index in [-0.39, 0.29) is 11.3 Å². The molecule has 6 nitrogen and oxygen atoms in total. The number of hydrogen-bond donors (Lipinski definition) is 0. The largest absolute Gasteiger partial charge is 0.618 e. The minimum absolute atomic E-state index is 0.0370. The second kappa shape index (κ2) is 7.65. The molecule has 0 spiro atoms. The fourth-order valence-corrected chi connectivity index (χ4v) is 2.68. The molecule has 0 saturated carbocycles. The number of pyridine rings is 2. The molecule has 6 heteroatoms. The van der Waals surface area contributed by atoms with Crippen molar-refractivity contribution in [1.82, 2.24) is 4.57 Å². The first-order valence-corrected chi connectivity index (χ1v) is 8.10. The van der Waals surface area contributed by atoms with Gasteiger partial charge in [0.1, 0.15) is 0 Å². The van der Waals surface area contributed by atoms with Crippen molar-refractivity contribution in [2.75, 3.05) is 7.11 Å². The molecule has 2 aromatic heterocycles. The van der Waals surface area contributed by atoms with E-state index in [0.717, 1.165) is 16.7 Å². The zero-order valence-electron chi connectivity index (χ0n) is 14.3. The molecule has 0 atom stereocenters. The number of aromatic nitrogens is 2. The molecule has 0 amide bonds. The third-order valence-corrected chi connectivity index (χ3v) is 4.06. The maximum absolute atomic E-state index is 11.8. The van der Waals surface area contributed by atoms with Gasteiger partial charge in [0.2, 0.25) is 0 Å². The van der Waals surface area contributed by atoms with Crippen LogP contribution in [0.2, 0.25) is 0 Å². The molecule has 1 aromatic carbocycles. The van der Waals surface area contributed by atoms with Crippen molar-refractivity contribution in [1.29, 1.82) is 0 Å². The number of ether oxygens (including phenoxy) is 1. The van der Waals surface area contributed by atoms with Crippen LogP contribution in [0.15, 0.2) is 71.8 Å². The molecule has 0 unspecified atom stereocenters. The van der Waals surface area contributed by atoms with Crippen LogP contribution in [0, 0.1) is 5.21 Å². The van der Waals surface area contributed by atoms with Crippen LogP contribution in [0.3, 0.4) is 0 Å². The van der Waals surface area contributed by atoms with Crippen LogP contribution in [-0.4, -0.2) is 17.6 Å². The Balaban J connectivity index is 1.75. The Labute approximate surface area is 150 Å². The molecule has 132 valence electrons. The van der Waals surface area contributed by atoms with E-state index in [4.69, 9.17) is 0 Å². The van der Waals surface area contributed by atoms with Gasteiger partial charge in [-0.25, -0.2) is 4.79 Å². The van der Waals surface area contributed by atoms with Gasteiger partial charge >= 0.3 is 11.7 Å². The Morgan fingerprint density at radius 1 is 1.08 bits per heavy atom. The van der Waals surface area contributed by atoms with Crippen LogP contribution in [0.4, 0.5) is 0 Å². The predicted molar refractivity (Wildman–Crippen MR) is 95.8 cm³/mol. The monoisotopic (exact) mass is 350 g/mol. The summed E-state index contributed by atoms with van der Waals surface area (Å²) in [5, 5.41) is 11.7. The third kappa shape index (κ3) is 3.97. The fourth-order valence-electron chi connectivity index (χ4n) is 2.68. The Kier molecular flexibility index (Phi) is 5.12. The van der Waals surface area contributed by atoms with Crippen LogP contribution >= 0.6 is 0 Å². The normalized spacial score (nSPS) is 10.5. The van der Waals surface area contributed by atoms with Crippen molar-refractivity contribution in [2.24, 2.45) is 0 Å². The molecule has 2 heterocycles. The van der Waals surface area contributed by atoms with Gasteiger partial charge in [-0.05, 0) is 29.2 Å². The van der Waals surface area contributed by atoms with E-state index in [2.05, 4.69) is 4.74 Å². The summed E-state index contributed by atoms with van der Waals surface area (Å²) in [5.41, 5.74) is 2.81. The number of nitrogens with zero attached hydrogens (tertiary/aromatic N) is 2. The van der Waals surface area contributed by atoms with Gasteiger partial charge in [-0.15, -0.1) is 0 Å². The van der Waals surface area contributed by atoms with E-state index in [9.17, 15) is 14.8 Å². The lowest BCUT2D eigenvalue weighted by Crippen LogP contribution is -2.34. The maximum Gasteiger partial charge on any atom is 0.404 e. The number of benzene rings is 1. The molecular weight excluding hydrogens is 332 g/mol. The molecule has 0 aliphatic heterocycles. The van der Waals surface area contributed by atoms with E-state index >= 15 is 0 Å². The molecule has 0 saturated heterocycles. The molecule has 0 fully saturated rings. The lowest BCUT2D eigenvalue weighted by atomic mass is 10.0. The molecule has 3 aromatic rings. The van der Waals surface area contributed by atoms with Gasteiger partial charge in [0, 0.05) is 24.4 Å². The van der Waals surface area contributed by atoms with Crippen molar-refractivity contribution in [2.45, 2.75) is 13.0 Å². The van der Waals surface area contributed by atoms with Crippen molar-refractivity contribution < 1.29 is 14.3 Å². The summed E-state index contributed by atoms with van der Waals surface area (Å²) in [7, 11) is 1.24. The molecule has 3 rings (SSSR count). The van der Waals surface area contributed by atoms with Crippen LogP contribution < -0.4 is 10.3 Å². The second-order valence-electron chi connectivity index (χ2n) is 5.90. The summed E-state index contributed by atoms with van der Waals surface area (Å²) < 4.78 is 6.75. The minimum atomic E-state index is -0.662. The van der Waals surface area contributed by atoms with Crippen LogP contribution in [0.25, 0.3) is 0 Å². The van der Waals surface area contributed by atoms with Gasteiger partial charge in [-0.2, -0.15) is 4.73 Å². The maximum atomic E-state index is 11.8. The van der Waals surface area contributed by atoms with Crippen LogP contribution in [0.1, 0.15) is 27.2 Å². The van der Waals surface area contributed by atoms with Crippen LogP contribution in [-0.2, 0) is 17.7 Å². The molecule has 0 bridgehead atoms. The lowest BCUT2D eigenvalue weighted by Gasteiger charge is -2.08. The topological polar surface area (TPSA) is 75.2 Å². The zero-order valence-corrected chi connectivity index (χ0v) is 14.3. The Hall–Kier alpha value is -3.41. The van der Waals surface area contributed by atoms with Crippen molar-refractivity contribution in [3.05, 3.63) is 105 Å². The predicted octanol–water partition coefficient (Wildman–Crippen LogP) is 1.91. The molecular formula is C20H18N2O4. The van der Waals surface area contributed by atoms with Gasteiger partial charge < -0.3 is 14.5 Å². The molecule has 26 heavy (non-hydrogen) atoms. The fraction of sp³-hybridized carbons (Fsp3) is 0.150. The van der Waals surface area contributed by atoms with E-state index < -0.39 is 5.97 Å². The standard InChI is InChI=1S/C20H18N2O4/c1-26-20(24)18-13-17(9-11-22(18)25)12-15-5-7-16(8-6-15)14-21-10-3-2-4-19(21)23/h2-11,13H,12,14H2,1H3. The SMILES string of the molecule is COC(=O)c1cc(Cc2ccc(Cn3ccccc3=O)cc2)cc[n+]1[O-]. The molecule has 0 radical (unpaired) electrons. The summed E-state index contributed by atoms with van der Waals surface area (Å²) in [4.78, 5) is 23.4. The number of methoxy groups -OCH3 is 1. The third-order valence-electron chi connectivity index (χ3n) is 4.06. The highest BCUT2D eigenvalue weighted by molar-refractivity contribution is 5.85. The Bertz CT molecular complexity index is 978. The highest BCUT2D eigenvalue weighted by atomic mass is 16.5. The van der Waals surface area contributed by atoms with Gasteiger partial charge in [0.15, 0.2) is 6.20 Å². The number of hydrogen-bond acceptors (Lipinski definition) is 4. The quantitative estimate of drug-likeness (QED) is 0.400. The molecule has 0 aliphatic rings. The highest BCUT2D eigenvalue weighted by Crippen LogP contribution is 2.12. The number of carbonyl (C=O) groups excluding carboxylic acids is 1. The van der Waals surface area contributed by atoms with Gasteiger partial charge in [-0.3, -0.25) is 4.79 Å². The Morgan fingerprint density at radius 3 is 2.50 bits per heavy atom. The first-order chi connectivity index (χ1) is 12.6. The molecule has 0 N–H and O–H groups in total. The van der Waals surface area contributed by atoms with Crippen molar-refractivity contribution in [3.63, 3.8) is 0 Å². The zero-order chi connectivity index (χ0) is 18.5. The van der Waals surface area contributed by atoms with Crippen molar-refractivity contribution >= 4 is 5.97 Å². The van der Waals surface area contributed by atoms with E-state index in [1.807, 2.05) is 30.3 Å². The first-order valence-electron chi connectivity index (χ1n) is 8.10. The minimum Gasteiger partial charge on any atom is -0.618 e. The number of rotatable bonds is 5. The van der Waals surface area contributed by atoms with Gasteiger partial charge in [0.05, 0.1) is 13.7 Å². The van der Waals surface area contributed by atoms with Gasteiger partial charge in [0.25, 0.3) is 5.56 Å². The summed E-state index contributed by atoms with van der Waals surface area (Å²) in [6.45, 7) is 0.508. The van der Waals surface area contributed by atoms with Crippen LogP contribution in [0.5, 0.6) is 0 Å². The highest BCUT2D eigenvalue weighted by Gasteiger charge is 2.17. The number of carbonyl (C=O) groups is 1. The number of esters is 1. The molecule has 0 aliphatic carbocycles. The first kappa shape index (κ1) is 17.4. The lowest BCUT2D eigenvalue weighted by molar-refractivity contribution is -0.608. The van der Waals surface area contributed by atoms with Crippen molar-refractivity contribution in [3.8, 4) is 0 Å². The average Bonchev–Trinajstić information content (AvgIpc) is 2.66. The smallest absolute Gasteiger partial charge is 0.404 e. The van der Waals surface area contributed by atoms with E-state index in [1.165, 1.54) is 25.4 Å². The average molecular weight is 350 g/mol. The summed E-state index contributed by atoms with van der Waals surface area (Å²) in [6, 6.07) is 16.2. The summed E-state index contributed by atoms with van der Waals surface area (Å²) in [6.07, 6.45) is 3.64. The summed E-state index contributed by atoms with van der Waals surface area (Å²) in [5.74, 6) is -0.662. The Morgan fingerprint density at radius 2 is 1.81 bits per heavy atom. The summed E-state index contributed by atoms with van der Waals surface area (Å²) >= 11 is 0. The van der Waals surface area contributed by atoms with E-state index in [0.29, 0.717) is 17.7 Å². The van der Waals surface area contributed by atoms with E-state index in [1.54, 1.807) is 22.9 Å². The second-order valence-corrected chi connectivity index (χ2v) is 5.90.